The lowest BCUT2D eigenvalue weighted by atomic mass is 10.5. The van der Waals surface area contributed by atoms with Crippen molar-refractivity contribution in [2.75, 3.05) is 20.1 Å². The maximum absolute atomic E-state index is 11.0. The highest BCUT2D eigenvalue weighted by atomic mass is 19.1. The summed E-state index contributed by atoms with van der Waals surface area (Å²) < 4.78 is 15.2. The highest BCUT2D eigenvalue weighted by molar-refractivity contribution is 4.26. The van der Waals surface area contributed by atoms with Gasteiger partial charge in [-0.05, 0) is 6.42 Å². The molecule has 0 amide bonds. The van der Waals surface area contributed by atoms with Crippen LogP contribution >= 0.6 is 0 Å². The molecule has 0 aliphatic heterocycles. The topological polar surface area (TPSA) is 29.1 Å². The Labute approximate surface area is 41.9 Å². The minimum Gasteiger partial charge on any atom is -0.350 e. The Hall–Kier alpha value is -0.150. The molecule has 0 bridgehead atoms. The molecule has 0 aliphatic carbocycles. The standard InChI is InChI=1S/C4H8FO2/c5-4-7-3-1-2-6/h1-4H2. The predicted octanol–water partition coefficient (Wildman–Crippen LogP) is 0.751. The second-order valence-corrected chi connectivity index (χ2v) is 1.08. The molecule has 7 heavy (non-hydrogen) atoms. The normalized spacial score (nSPS) is 9.43. The summed E-state index contributed by atoms with van der Waals surface area (Å²) in [6.45, 7) is -0.708. The van der Waals surface area contributed by atoms with Crippen LogP contribution in [0.2, 0.25) is 0 Å². The fraction of sp³-hybridized carbons (Fsp3) is 1.00. The summed E-state index contributed by atoms with van der Waals surface area (Å²) in [4.78, 5) is 0. The number of ether oxygens (including phenoxy) is 1. The van der Waals surface area contributed by atoms with Crippen molar-refractivity contribution < 1.29 is 14.2 Å². The zero-order valence-electron chi connectivity index (χ0n) is 4.02. The van der Waals surface area contributed by atoms with Crippen molar-refractivity contribution in [3.8, 4) is 0 Å². The summed E-state index contributed by atoms with van der Waals surface area (Å²) in [5, 5.41) is 9.60. The molecule has 0 saturated carbocycles. The third kappa shape index (κ3) is 5.85. The molecule has 3 heteroatoms. The predicted molar refractivity (Wildman–Crippen MR) is 22.1 cm³/mol. The van der Waals surface area contributed by atoms with E-state index in [-0.39, 0.29) is 13.2 Å². The highest BCUT2D eigenvalue weighted by Crippen LogP contribution is 1.79. The van der Waals surface area contributed by atoms with Crippen molar-refractivity contribution >= 4 is 0 Å². The van der Waals surface area contributed by atoms with Gasteiger partial charge in [0.15, 0.2) is 6.86 Å². The van der Waals surface area contributed by atoms with Crippen LogP contribution in [0.5, 0.6) is 0 Å². The zero-order valence-corrected chi connectivity index (χ0v) is 4.02. The average molecular weight is 107 g/mol. The van der Waals surface area contributed by atoms with Crippen molar-refractivity contribution in [2.45, 2.75) is 6.42 Å². The Morgan fingerprint density at radius 2 is 2.29 bits per heavy atom. The van der Waals surface area contributed by atoms with Crippen LogP contribution in [-0.4, -0.2) is 20.1 Å². The minimum absolute atomic E-state index is 0.181. The van der Waals surface area contributed by atoms with Crippen molar-refractivity contribution in [2.24, 2.45) is 0 Å². The van der Waals surface area contributed by atoms with E-state index in [0.717, 1.165) is 0 Å². The van der Waals surface area contributed by atoms with Crippen molar-refractivity contribution in [1.82, 2.24) is 0 Å². The molecule has 1 radical (unpaired) electrons. The van der Waals surface area contributed by atoms with Crippen LogP contribution in [0, 0.1) is 0 Å². The van der Waals surface area contributed by atoms with Crippen LogP contribution in [-0.2, 0) is 9.84 Å². The first-order valence-corrected chi connectivity index (χ1v) is 2.13. The molecule has 0 aromatic rings. The van der Waals surface area contributed by atoms with Crippen molar-refractivity contribution in [1.29, 1.82) is 0 Å². The van der Waals surface area contributed by atoms with E-state index in [9.17, 15) is 9.50 Å². The third-order valence-corrected chi connectivity index (χ3v) is 0.510. The van der Waals surface area contributed by atoms with E-state index < -0.39 is 6.86 Å². The molecule has 0 N–H and O–H groups in total. The lowest BCUT2D eigenvalue weighted by Crippen LogP contribution is -1.93. The lowest BCUT2D eigenvalue weighted by molar-refractivity contribution is 0.0427. The summed E-state index contributed by atoms with van der Waals surface area (Å²) in [7, 11) is 0. The Kier molecular flexibility index (Phi) is 5.72. The second-order valence-electron chi connectivity index (χ2n) is 1.08. The van der Waals surface area contributed by atoms with Gasteiger partial charge in [-0.3, -0.25) is 0 Å². The van der Waals surface area contributed by atoms with Crippen LogP contribution < -0.4 is 0 Å². The zero-order chi connectivity index (χ0) is 5.54. The molecule has 0 atom stereocenters. The molecule has 0 rings (SSSR count). The van der Waals surface area contributed by atoms with E-state index in [1.807, 2.05) is 0 Å². The maximum Gasteiger partial charge on any atom is 0.188 e. The summed E-state index contributed by atoms with van der Waals surface area (Å²) in [5.41, 5.74) is 0. The van der Waals surface area contributed by atoms with Crippen LogP contribution in [0.25, 0.3) is 0 Å². The second kappa shape index (κ2) is 5.85. The molecular weight excluding hydrogens is 99.0 g/mol. The van der Waals surface area contributed by atoms with Crippen LogP contribution in [0.15, 0.2) is 0 Å². The van der Waals surface area contributed by atoms with Gasteiger partial charge in [-0.15, -0.1) is 0 Å². The largest absolute Gasteiger partial charge is 0.350 e. The van der Waals surface area contributed by atoms with Gasteiger partial charge in [0.2, 0.25) is 0 Å². The Balaban J connectivity index is 2.45. The van der Waals surface area contributed by atoms with E-state index in [4.69, 9.17) is 0 Å². The number of hydrogen-bond acceptors (Lipinski definition) is 1. The first-order chi connectivity index (χ1) is 3.41. The van der Waals surface area contributed by atoms with E-state index in [2.05, 4.69) is 4.74 Å². The Morgan fingerprint density at radius 3 is 2.71 bits per heavy atom. The first kappa shape index (κ1) is 6.85. The summed E-state index contributed by atoms with van der Waals surface area (Å²) in [6, 6.07) is 0. The van der Waals surface area contributed by atoms with Crippen LogP contribution in [0.1, 0.15) is 6.42 Å². The van der Waals surface area contributed by atoms with E-state index in [0.29, 0.717) is 6.42 Å². The number of halogens is 1. The van der Waals surface area contributed by atoms with Gasteiger partial charge in [0.25, 0.3) is 0 Å². The Bertz CT molecular complexity index is 28.9. The van der Waals surface area contributed by atoms with Crippen LogP contribution in [0.3, 0.4) is 0 Å². The van der Waals surface area contributed by atoms with Crippen molar-refractivity contribution in [3.63, 3.8) is 0 Å². The monoisotopic (exact) mass is 107 g/mol. The van der Waals surface area contributed by atoms with Gasteiger partial charge in [0, 0.05) is 0 Å². The van der Waals surface area contributed by atoms with E-state index >= 15 is 0 Å². The number of alkyl halides is 1. The Morgan fingerprint density at radius 1 is 1.57 bits per heavy atom. The molecule has 0 aromatic heterocycles. The van der Waals surface area contributed by atoms with Gasteiger partial charge in [-0.1, -0.05) is 0 Å². The van der Waals surface area contributed by atoms with Gasteiger partial charge in [-0.25, -0.2) is 9.50 Å². The fourth-order valence-corrected chi connectivity index (χ4v) is 0.216. The SMILES string of the molecule is [O]CCCOCF. The fourth-order valence-electron chi connectivity index (χ4n) is 0.216. The number of hydrogen-bond donors (Lipinski definition) is 0. The van der Waals surface area contributed by atoms with Gasteiger partial charge in [-0.2, -0.15) is 0 Å². The molecule has 2 nitrogen and oxygen atoms in total. The maximum atomic E-state index is 11.0. The molecule has 0 fully saturated rings. The molecule has 0 heterocycles. The van der Waals surface area contributed by atoms with Gasteiger partial charge >= 0.3 is 0 Å². The smallest absolute Gasteiger partial charge is 0.188 e. The average Bonchev–Trinajstić information content (AvgIpc) is 1.69. The van der Waals surface area contributed by atoms with Gasteiger partial charge in [0.05, 0.1) is 13.2 Å². The molecule has 0 unspecified atom stereocenters. The number of rotatable bonds is 4. The van der Waals surface area contributed by atoms with Gasteiger partial charge < -0.3 is 4.74 Å². The van der Waals surface area contributed by atoms with E-state index in [1.165, 1.54) is 0 Å². The molecule has 0 aromatic carbocycles. The molecule has 0 saturated heterocycles. The van der Waals surface area contributed by atoms with Crippen LogP contribution in [0.4, 0.5) is 4.39 Å². The molecule has 0 aliphatic rings. The van der Waals surface area contributed by atoms with Crippen molar-refractivity contribution in [3.05, 3.63) is 0 Å². The minimum atomic E-state index is -0.778. The molecule has 43 valence electrons. The third-order valence-electron chi connectivity index (χ3n) is 0.510. The highest BCUT2D eigenvalue weighted by Gasteiger charge is 1.82. The summed E-state index contributed by atoms with van der Waals surface area (Å²) >= 11 is 0. The molecule has 0 spiro atoms. The summed E-state index contributed by atoms with van der Waals surface area (Å²) in [6.07, 6.45) is 0.407. The quantitative estimate of drug-likeness (QED) is 0.487. The summed E-state index contributed by atoms with van der Waals surface area (Å²) in [5.74, 6) is 0. The van der Waals surface area contributed by atoms with E-state index in [1.54, 1.807) is 0 Å². The lowest BCUT2D eigenvalue weighted by Gasteiger charge is -1.91. The first-order valence-electron chi connectivity index (χ1n) is 2.13. The van der Waals surface area contributed by atoms with Gasteiger partial charge in [0.1, 0.15) is 0 Å². The molecular formula is C4H8FO2.